The Morgan fingerprint density at radius 1 is 0.500 bits per heavy atom. The molecule has 6 aromatic carbocycles. The van der Waals surface area contributed by atoms with E-state index in [0.717, 1.165) is 77.2 Å². The monoisotopic (exact) mass is 1000 g/mol. The number of phenolic OH excluding ortho intramolecular Hbond substituents is 2. The number of rotatable bonds is 25. The number of aryl methyl sites for hydroxylation is 3. The van der Waals surface area contributed by atoms with E-state index in [1.54, 1.807) is 48.7 Å². The van der Waals surface area contributed by atoms with E-state index < -0.39 is 5.97 Å². The summed E-state index contributed by atoms with van der Waals surface area (Å²) in [5.41, 5.74) is 6.28. The van der Waals surface area contributed by atoms with Gasteiger partial charge >= 0.3 is 5.97 Å². The Labute approximate surface area is 432 Å². The molecule has 0 aliphatic heterocycles. The van der Waals surface area contributed by atoms with Crippen molar-refractivity contribution in [3.8, 4) is 80.1 Å². The molecule has 0 unspecified atom stereocenters. The van der Waals surface area contributed by atoms with E-state index in [2.05, 4.69) is 24.2 Å². The van der Waals surface area contributed by atoms with Crippen molar-refractivity contribution in [3.63, 3.8) is 0 Å². The van der Waals surface area contributed by atoms with Crippen molar-refractivity contribution >= 4 is 5.97 Å². The van der Waals surface area contributed by atoms with Crippen molar-refractivity contribution in [1.82, 2.24) is 10.3 Å². The van der Waals surface area contributed by atoms with Gasteiger partial charge in [-0.15, -0.1) is 0 Å². The van der Waals surface area contributed by atoms with E-state index in [-0.39, 0.29) is 22.8 Å². The molecule has 0 aliphatic rings. The number of benzene rings is 6. The Kier molecular flexibility index (Phi) is 19.4. The summed E-state index contributed by atoms with van der Waals surface area (Å²) in [4.78, 5) is 11.6. The zero-order valence-electron chi connectivity index (χ0n) is 42.6. The Morgan fingerprint density at radius 3 is 1.35 bits per heavy atom. The van der Waals surface area contributed by atoms with Crippen LogP contribution in [-0.2, 0) is 25.7 Å². The first-order valence-electron chi connectivity index (χ1n) is 25.1. The number of aromatic carboxylic acids is 1. The van der Waals surface area contributed by atoms with Gasteiger partial charge in [-0.05, 0) is 104 Å². The van der Waals surface area contributed by atoms with E-state index in [9.17, 15) is 20.1 Å². The van der Waals surface area contributed by atoms with Crippen LogP contribution in [-0.4, -0.2) is 58.0 Å². The van der Waals surface area contributed by atoms with Gasteiger partial charge in [-0.25, -0.2) is 4.79 Å². The molecule has 8 rings (SSSR count). The summed E-state index contributed by atoms with van der Waals surface area (Å²) in [6, 6.07) is 36.5. The standard InChI is InChI=1S/C30H31NO7.C30H33NO5/c1-3-9-21-25(12-7-13-26(21)37-27-11-6-5-10-22(27)30(33)34)35-16-8-17-36-29-19-24(32)23(18-20(29)4-2)28-14-15-31-38-28;1-4-10-23-27(13-8-14-28(23)35-26-12-7-6-11-21(26)3)33-17-9-18-34-30-20-25(32)24(19-22(30)5-2)29-15-16-31-36-29/h5-7,10-15,18-19,32H,3-4,8-9,16-17H2,1-2H3,(H,33,34);6-8,11-16,19-20,32H,4-5,9-10,17-18H2,1-3H3. The summed E-state index contributed by atoms with van der Waals surface area (Å²) in [7, 11) is 0. The molecule has 74 heavy (non-hydrogen) atoms. The van der Waals surface area contributed by atoms with Crippen molar-refractivity contribution in [2.24, 2.45) is 0 Å². The molecule has 3 N–H and O–H groups in total. The third-order valence-corrected chi connectivity index (χ3v) is 12.0. The van der Waals surface area contributed by atoms with E-state index >= 15 is 0 Å². The molecule has 14 nitrogen and oxygen atoms in total. The topological polar surface area (TPSA) is 185 Å². The summed E-state index contributed by atoms with van der Waals surface area (Å²) >= 11 is 0. The second-order valence-electron chi connectivity index (χ2n) is 17.3. The zero-order valence-corrected chi connectivity index (χ0v) is 42.6. The first-order chi connectivity index (χ1) is 36.1. The molecule has 0 saturated heterocycles. The van der Waals surface area contributed by atoms with Gasteiger partial charge in [0.2, 0.25) is 0 Å². The normalized spacial score (nSPS) is 10.8. The minimum Gasteiger partial charge on any atom is -0.507 e. The number of hydrogen-bond donors (Lipinski definition) is 3. The Hall–Kier alpha value is -8.39. The van der Waals surface area contributed by atoms with Gasteiger partial charge in [-0.1, -0.05) is 93.3 Å². The van der Waals surface area contributed by atoms with Crippen molar-refractivity contribution in [2.45, 2.75) is 86.0 Å². The minimum atomic E-state index is -1.04. The van der Waals surface area contributed by atoms with E-state index in [1.165, 1.54) is 12.3 Å². The molecular formula is C60H64N2O12. The largest absolute Gasteiger partial charge is 0.507 e. The number of carbonyl (C=O) groups is 1. The molecule has 0 aliphatic carbocycles. The van der Waals surface area contributed by atoms with Gasteiger partial charge in [0, 0.05) is 48.2 Å². The molecule has 0 saturated carbocycles. The predicted molar refractivity (Wildman–Crippen MR) is 283 cm³/mol. The smallest absolute Gasteiger partial charge is 0.339 e. The summed E-state index contributed by atoms with van der Waals surface area (Å²) in [5.74, 6) is 5.50. The number of nitrogens with zero attached hydrogens (tertiary/aromatic N) is 2. The highest BCUT2D eigenvalue weighted by Crippen LogP contribution is 2.39. The second-order valence-corrected chi connectivity index (χ2v) is 17.3. The lowest BCUT2D eigenvalue weighted by atomic mass is 10.0. The SMILES string of the molecule is CCCc1c(OCCCOc2cc(O)c(-c3ccno3)cc2CC)cccc1Oc1ccccc1C.CCCc1c(OCCCOc2cc(O)c(-c3ccno3)cc2CC)cccc1Oc1ccccc1C(=O)O. The molecule has 386 valence electrons. The zero-order chi connectivity index (χ0) is 52.2. The average Bonchev–Trinajstić information content (AvgIpc) is 4.16. The Balaban J connectivity index is 0.000000217. The lowest BCUT2D eigenvalue weighted by Gasteiger charge is -2.17. The molecule has 0 atom stereocenters. The summed E-state index contributed by atoms with van der Waals surface area (Å²) in [6.45, 7) is 12.1. The number of aromatic hydroxyl groups is 2. The van der Waals surface area contributed by atoms with Crippen LogP contribution in [0.3, 0.4) is 0 Å². The molecule has 14 heteroatoms. The van der Waals surface area contributed by atoms with Gasteiger partial charge in [0.05, 0.1) is 49.9 Å². The maximum absolute atomic E-state index is 11.6. The number of hydrogen-bond acceptors (Lipinski definition) is 13. The number of carboxylic acid groups (broad SMARTS) is 1. The maximum atomic E-state index is 11.6. The molecule has 0 spiro atoms. The number of phenols is 2. The van der Waals surface area contributed by atoms with Gasteiger partial charge in [-0.3, -0.25) is 0 Å². The van der Waals surface area contributed by atoms with Crippen LogP contribution < -0.4 is 28.4 Å². The molecule has 0 fully saturated rings. The lowest BCUT2D eigenvalue weighted by Crippen LogP contribution is -2.08. The molecule has 8 aromatic rings. The first kappa shape index (κ1) is 53.4. The van der Waals surface area contributed by atoms with E-state index in [0.29, 0.717) is 91.3 Å². The predicted octanol–water partition coefficient (Wildman–Crippen LogP) is 14.4. The van der Waals surface area contributed by atoms with Crippen LogP contribution in [0.15, 0.2) is 143 Å². The molecular weight excluding hydrogens is 941 g/mol. The lowest BCUT2D eigenvalue weighted by molar-refractivity contribution is 0.0694. The Bertz CT molecular complexity index is 3040. The van der Waals surface area contributed by atoms with Crippen LogP contribution in [0.5, 0.6) is 57.5 Å². The van der Waals surface area contributed by atoms with Crippen LogP contribution in [0.4, 0.5) is 0 Å². The second kappa shape index (κ2) is 26.9. The molecule has 0 bridgehead atoms. The van der Waals surface area contributed by atoms with Crippen LogP contribution in [0.25, 0.3) is 22.6 Å². The minimum absolute atomic E-state index is 0.0655. The number of ether oxygens (including phenoxy) is 6. The van der Waals surface area contributed by atoms with Crippen LogP contribution in [0, 0.1) is 6.92 Å². The quantitative estimate of drug-likeness (QED) is 0.0459. The Morgan fingerprint density at radius 2 is 0.919 bits per heavy atom. The van der Waals surface area contributed by atoms with Crippen molar-refractivity contribution < 1.29 is 57.6 Å². The van der Waals surface area contributed by atoms with Crippen molar-refractivity contribution in [1.29, 1.82) is 0 Å². The highest BCUT2D eigenvalue weighted by atomic mass is 16.5. The molecule has 0 radical (unpaired) electrons. The fraction of sp³-hybridized carbons (Fsp3) is 0.283. The van der Waals surface area contributed by atoms with Crippen LogP contribution in [0.2, 0.25) is 0 Å². The fourth-order valence-corrected chi connectivity index (χ4v) is 8.19. The number of para-hydroxylation sites is 2. The van der Waals surface area contributed by atoms with E-state index in [1.807, 2.05) is 93.6 Å². The highest BCUT2D eigenvalue weighted by molar-refractivity contribution is 5.91. The van der Waals surface area contributed by atoms with Gasteiger partial charge in [0.15, 0.2) is 11.5 Å². The highest BCUT2D eigenvalue weighted by Gasteiger charge is 2.19. The van der Waals surface area contributed by atoms with Gasteiger partial charge in [0.1, 0.15) is 63.1 Å². The molecule has 2 heterocycles. The third kappa shape index (κ3) is 14.0. The number of aromatic nitrogens is 2. The van der Waals surface area contributed by atoms with E-state index in [4.69, 9.17) is 37.5 Å². The molecule has 2 aromatic heterocycles. The van der Waals surface area contributed by atoms with Crippen molar-refractivity contribution in [2.75, 3.05) is 26.4 Å². The summed E-state index contributed by atoms with van der Waals surface area (Å²) < 4.78 is 46.9. The van der Waals surface area contributed by atoms with Gasteiger partial charge in [0.25, 0.3) is 0 Å². The fourth-order valence-electron chi connectivity index (χ4n) is 8.19. The average molecular weight is 1010 g/mol. The van der Waals surface area contributed by atoms with Gasteiger partial charge < -0.3 is 52.8 Å². The third-order valence-electron chi connectivity index (χ3n) is 12.0. The van der Waals surface area contributed by atoms with Crippen molar-refractivity contribution in [3.05, 3.63) is 167 Å². The first-order valence-corrected chi connectivity index (χ1v) is 25.1. The van der Waals surface area contributed by atoms with Crippen LogP contribution in [0.1, 0.15) is 91.6 Å². The summed E-state index contributed by atoms with van der Waals surface area (Å²) in [5, 5.41) is 37.8. The molecule has 0 amide bonds. The van der Waals surface area contributed by atoms with Gasteiger partial charge in [-0.2, -0.15) is 0 Å². The summed E-state index contributed by atoms with van der Waals surface area (Å²) in [6.07, 6.45) is 9.34. The maximum Gasteiger partial charge on any atom is 0.339 e. The number of carboxylic acids is 1. The van der Waals surface area contributed by atoms with Crippen LogP contribution >= 0.6 is 0 Å².